The van der Waals surface area contributed by atoms with Gasteiger partial charge in [0.15, 0.2) is 0 Å². The Balaban J connectivity index is 2.82. The molecule has 0 unspecified atom stereocenters. The average molecular weight is 155 g/mol. The summed E-state index contributed by atoms with van der Waals surface area (Å²) < 4.78 is 4.29. The Kier molecular flexibility index (Phi) is 5.59. The molecule has 0 bridgehead atoms. The van der Waals surface area contributed by atoms with Crippen molar-refractivity contribution >= 4 is 27.9 Å². The molecule has 0 aliphatic carbocycles. The van der Waals surface area contributed by atoms with Crippen LogP contribution >= 0.6 is 23.4 Å². The second kappa shape index (κ2) is 5.41. The van der Waals surface area contributed by atoms with Crippen LogP contribution in [0.5, 0.6) is 0 Å². The van der Waals surface area contributed by atoms with Crippen molar-refractivity contribution in [3.63, 3.8) is 0 Å². The van der Waals surface area contributed by atoms with Crippen LogP contribution in [-0.4, -0.2) is 24.0 Å². The molecule has 0 atom stereocenters. The van der Waals surface area contributed by atoms with Crippen LogP contribution in [0.3, 0.4) is 0 Å². The molecule has 2 nitrogen and oxygen atoms in total. The van der Waals surface area contributed by atoms with E-state index in [2.05, 4.69) is 4.74 Å². The molecule has 0 N–H and O–H groups in total. The molecule has 0 aromatic carbocycles. The Morgan fingerprint density at radius 3 is 2.88 bits per heavy atom. The van der Waals surface area contributed by atoms with Crippen molar-refractivity contribution in [2.75, 3.05) is 19.5 Å². The molecule has 8 heavy (non-hydrogen) atoms. The lowest BCUT2D eigenvalue weighted by Gasteiger charge is -1.91. The Morgan fingerprint density at radius 1 is 1.88 bits per heavy atom. The van der Waals surface area contributed by atoms with Gasteiger partial charge in [0.1, 0.15) is 0 Å². The zero-order valence-electron chi connectivity index (χ0n) is 4.52. The SMILES string of the molecule is COCCSC(=O)Cl. The largest absolute Gasteiger partial charge is 0.384 e. The highest BCUT2D eigenvalue weighted by atomic mass is 35.5. The Hall–Kier alpha value is 0.270. The fourth-order valence-corrected chi connectivity index (χ4v) is 0.847. The number of hydrogen-bond acceptors (Lipinski definition) is 3. The van der Waals surface area contributed by atoms with Crippen LogP contribution in [0.2, 0.25) is 0 Å². The van der Waals surface area contributed by atoms with Gasteiger partial charge < -0.3 is 4.74 Å². The highest BCUT2D eigenvalue weighted by Gasteiger charge is 1.93. The molecule has 0 aromatic heterocycles. The van der Waals surface area contributed by atoms with Gasteiger partial charge in [-0.05, 0) is 11.6 Å². The van der Waals surface area contributed by atoms with Gasteiger partial charge in [-0.3, -0.25) is 4.79 Å². The van der Waals surface area contributed by atoms with Crippen LogP contribution in [0.4, 0.5) is 4.79 Å². The molecule has 4 heteroatoms. The van der Waals surface area contributed by atoms with Crippen LogP contribution in [0.25, 0.3) is 0 Å². The van der Waals surface area contributed by atoms with Gasteiger partial charge in [0.05, 0.1) is 6.61 Å². The van der Waals surface area contributed by atoms with E-state index in [0.29, 0.717) is 12.4 Å². The molecule has 48 valence electrons. The topological polar surface area (TPSA) is 26.3 Å². The first kappa shape index (κ1) is 8.27. The number of methoxy groups -OCH3 is 1. The standard InChI is InChI=1S/C4H7ClO2S/c1-7-2-3-8-4(5)6/h2-3H2,1H3. The van der Waals surface area contributed by atoms with Crippen molar-refractivity contribution in [1.82, 2.24) is 0 Å². The van der Waals surface area contributed by atoms with Crippen LogP contribution in [0.15, 0.2) is 0 Å². The molecule has 0 fully saturated rings. The summed E-state index contributed by atoms with van der Waals surface area (Å²) in [6, 6.07) is 0. The number of carbonyl (C=O) groups is 1. The van der Waals surface area contributed by atoms with Crippen LogP contribution in [0, 0.1) is 0 Å². The Morgan fingerprint density at radius 2 is 2.50 bits per heavy atom. The maximum Gasteiger partial charge on any atom is 0.279 e. The van der Waals surface area contributed by atoms with E-state index >= 15 is 0 Å². The molecule has 0 aliphatic rings. The highest BCUT2D eigenvalue weighted by molar-refractivity contribution is 8.16. The van der Waals surface area contributed by atoms with Gasteiger partial charge in [0.25, 0.3) is 4.57 Å². The van der Waals surface area contributed by atoms with Gasteiger partial charge in [-0.25, -0.2) is 0 Å². The van der Waals surface area contributed by atoms with Crippen molar-refractivity contribution in [3.8, 4) is 0 Å². The minimum Gasteiger partial charge on any atom is -0.384 e. The molecule has 0 heterocycles. The van der Waals surface area contributed by atoms with Gasteiger partial charge in [-0.2, -0.15) is 0 Å². The second-order valence-corrected chi connectivity index (χ2v) is 2.71. The average Bonchev–Trinajstić information content (AvgIpc) is 1.66. The van der Waals surface area contributed by atoms with Gasteiger partial charge >= 0.3 is 0 Å². The van der Waals surface area contributed by atoms with Crippen LogP contribution < -0.4 is 0 Å². The lowest BCUT2D eigenvalue weighted by Crippen LogP contribution is -1.91. The predicted molar refractivity (Wildman–Crippen MR) is 35.6 cm³/mol. The van der Waals surface area contributed by atoms with E-state index in [1.807, 2.05) is 0 Å². The van der Waals surface area contributed by atoms with Gasteiger partial charge in [0.2, 0.25) is 0 Å². The second-order valence-electron chi connectivity index (χ2n) is 1.08. The number of hydrogen-bond donors (Lipinski definition) is 0. The fourth-order valence-electron chi connectivity index (χ4n) is 0.205. The first-order valence-corrected chi connectivity index (χ1v) is 3.45. The fraction of sp³-hybridized carbons (Fsp3) is 0.750. The number of ether oxygens (including phenoxy) is 1. The third-order valence-electron chi connectivity index (χ3n) is 0.503. The van der Waals surface area contributed by atoms with E-state index in [-0.39, 0.29) is 4.57 Å². The van der Waals surface area contributed by atoms with Crippen LogP contribution in [0.1, 0.15) is 0 Å². The normalized spacial score (nSPS) is 9.25. The quantitative estimate of drug-likeness (QED) is 0.458. The van der Waals surface area contributed by atoms with Crippen LogP contribution in [-0.2, 0) is 4.74 Å². The van der Waals surface area contributed by atoms with E-state index in [1.54, 1.807) is 7.11 Å². The predicted octanol–water partition coefficient (Wildman–Crippen LogP) is 1.72. The molecule has 0 rings (SSSR count). The molecule has 0 saturated carbocycles. The third kappa shape index (κ3) is 6.27. The van der Waals surface area contributed by atoms with Gasteiger partial charge in [0, 0.05) is 12.9 Å². The van der Waals surface area contributed by atoms with E-state index in [0.717, 1.165) is 11.8 Å². The lowest BCUT2D eigenvalue weighted by molar-refractivity contribution is 0.218. The van der Waals surface area contributed by atoms with Crippen molar-refractivity contribution < 1.29 is 9.53 Å². The summed E-state index contributed by atoms with van der Waals surface area (Å²) in [4.78, 5) is 9.99. The minimum atomic E-state index is -0.373. The van der Waals surface area contributed by atoms with E-state index in [9.17, 15) is 4.79 Å². The molecule has 0 radical (unpaired) electrons. The smallest absolute Gasteiger partial charge is 0.279 e. The van der Waals surface area contributed by atoms with Crippen molar-refractivity contribution in [2.24, 2.45) is 0 Å². The van der Waals surface area contributed by atoms with E-state index in [4.69, 9.17) is 11.6 Å². The summed E-state index contributed by atoms with van der Waals surface area (Å²) in [6.07, 6.45) is 0. The van der Waals surface area contributed by atoms with Gasteiger partial charge in [-0.15, -0.1) is 0 Å². The first-order chi connectivity index (χ1) is 3.77. The summed E-state index contributed by atoms with van der Waals surface area (Å²) in [5, 5.41) is 0. The van der Waals surface area contributed by atoms with Crippen molar-refractivity contribution in [2.45, 2.75) is 0 Å². The zero-order valence-corrected chi connectivity index (χ0v) is 6.09. The Labute approximate surface area is 57.5 Å². The summed E-state index contributed by atoms with van der Waals surface area (Å²) in [5.41, 5.74) is 0. The highest BCUT2D eigenvalue weighted by Crippen LogP contribution is 2.05. The van der Waals surface area contributed by atoms with E-state index in [1.165, 1.54) is 0 Å². The summed E-state index contributed by atoms with van der Waals surface area (Å²) in [6.45, 7) is 0.573. The summed E-state index contributed by atoms with van der Waals surface area (Å²) in [5.74, 6) is 0.638. The molecular weight excluding hydrogens is 148 g/mol. The lowest BCUT2D eigenvalue weighted by atomic mass is 10.9. The summed E-state index contributed by atoms with van der Waals surface area (Å²) in [7, 11) is 1.58. The van der Waals surface area contributed by atoms with E-state index < -0.39 is 0 Å². The number of halogens is 1. The van der Waals surface area contributed by atoms with Crippen molar-refractivity contribution in [3.05, 3.63) is 0 Å². The minimum absolute atomic E-state index is 0.373. The molecule has 0 amide bonds. The third-order valence-corrected chi connectivity index (χ3v) is 1.43. The molecule has 0 spiro atoms. The zero-order chi connectivity index (χ0) is 6.41. The number of thioether (sulfide) groups is 1. The maximum absolute atomic E-state index is 9.99. The summed E-state index contributed by atoms with van der Waals surface area (Å²) >= 11 is 6.04. The molecular formula is C4H7ClO2S. The number of rotatable bonds is 3. The monoisotopic (exact) mass is 154 g/mol. The Bertz CT molecular complexity index is 76.4. The van der Waals surface area contributed by atoms with Gasteiger partial charge in [-0.1, -0.05) is 11.8 Å². The molecule has 0 aromatic rings. The molecule has 0 saturated heterocycles. The maximum atomic E-state index is 9.99. The van der Waals surface area contributed by atoms with Crippen molar-refractivity contribution in [1.29, 1.82) is 0 Å². The first-order valence-electron chi connectivity index (χ1n) is 2.08. The number of carbonyl (C=O) groups excluding carboxylic acids is 1. The molecule has 0 aliphatic heterocycles.